The highest BCUT2D eigenvalue weighted by atomic mass is 79.9. The van der Waals surface area contributed by atoms with Crippen LogP contribution in [0.2, 0.25) is 0 Å². The van der Waals surface area contributed by atoms with Crippen LogP contribution in [0.4, 0.5) is 0 Å². The summed E-state index contributed by atoms with van der Waals surface area (Å²) < 4.78 is 8.14. The number of fused-ring (bicyclic) bond motifs is 1. The smallest absolute Gasteiger partial charge is 0.291 e. The zero-order chi connectivity index (χ0) is 17.4. The van der Waals surface area contributed by atoms with Gasteiger partial charge in [-0.25, -0.2) is 0 Å². The first-order valence-corrected chi connectivity index (χ1v) is 9.06. The summed E-state index contributed by atoms with van der Waals surface area (Å²) in [5, 5.41) is 4.35. The molecule has 0 atom stereocenters. The first-order chi connectivity index (χ1) is 12.1. The molecule has 0 aliphatic rings. The SMILES string of the molecule is COc1cccc(/C=c2/sc3nc(-c4ccc(Br)cc4)nn3c2=O)c1. The van der Waals surface area contributed by atoms with Crippen molar-refractivity contribution in [3.05, 3.63) is 73.5 Å². The van der Waals surface area contributed by atoms with Crippen LogP contribution in [0.5, 0.6) is 5.75 Å². The molecule has 4 rings (SSSR count). The zero-order valence-electron chi connectivity index (χ0n) is 13.1. The van der Waals surface area contributed by atoms with Crippen LogP contribution in [-0.2, 0) is 0 Å². The normalized spacial score (nSPS) is 12.0. The number of benzene rings is 2. The summed E-state index contributed by atoms with van der Waals surface area (Å²) in [6.07, 6.45) is 1.82. The third-order valence-corrected chi connectivity index (χ3v) is 5.16. The molecule has 0 spiro atoms. The summed E-state index contributed by atoms with van der Waals surface area (Å²) >= 11 is 4.72. The summed E-state index contributed by atoms with van der Waals surface area (Å²) in [5.41, 5.74) is 1.60. The van der Waals surface area contributed by atoms with Crippen LogP contribution in [0.15, 0.2) is 57.8 Å². The minimum Gasteiger partial charge on any atom is -0.497 e. The molecule has 2 heterocycles. The Bertz CT molecular complexity index is 1170. The van der Waals surface area contributed by atoms with Crippen molar-refractivity contribution >= 4 is 38.3 Å². The highest BCUT2D eigenvalue weighted by molar-refractivity contribution is 9.10. The number of aromatic nitrogens is 3. The van der Waals surface area contributed by atoms with Gasteiger partial charge >= 0.3 is 0 Å². The highest BCUT2D eigenvalue weighted by Crippen LogP contribution is 2.19. The van der Waals surface area contributed by atoms with E-state index >= 15 is 0 Å². The summed E-state index contributed by atoms with van der Waals surface area (Å²) in [6, 6.07) is 15.2. The van der Waals surface area contributed by atoms with E-state index in [0.717, 1.165) is 21.3 Å². The Hall–Kier alpha value is -2.51. The molecule has 0 saturated heterocycles. The van der Waals surface area contributed by atoms with E-state index in [0.29, 0.717) is 15.3 Å². The second kappa shape index (κ2) is 6.42. The Kier molecular flexibility index (Phi) is 4.10. The fourth-order valence-electron chi connectivity index (χ4n) is 2.44. The third-order valence-electron chi connectivity index (χ3n) is 3.68. The van der Waals surface area contributed by atoms with Crippen molar-refractivity contribution in [3.8, 4) is 17.1 Å². The summed E-state index contributed by atoms with van der Waals surface area (Å²) in [7, 11) is 1.62. The molecule has 0 unspecified atom stereocenters. The minimum atomic E-state index is -0.168. The lowest BCUT2D eigenvalue weighted by Gasteiger charge is -1.99. The van der Waals surface area contributed by atoms with E-state index in [9.17, 15) is 4.79 Å². The molecule has 0 N–H and O–H groups in total. The van der Waals surface area contributed by atoms with Crippen molar-refractivity contribution in [3.63, 3.8) is 0 Å². The van der Waals surface area contributed by atoms with Gasteiger partial charge in [0.25, 0.3) is 5.56 Å². The topological polar surface area (TPSA) is 56.5 Å². The molecule has 2 aromatic heterocycles. The second-order valence-electron chi connectivity index (χ2n) is 5.33. The number of ether oxygens (including phenoxy) is 1. The highest BCUT2D eigenvalue weighted by Gasteiger charge is 2.11. The van der Waals surface area contributed by atoms with Gasteiger partial charge in [0.05, 0.1) is 11.6 Å². The molecule has 4 aromatic rings. The minimum absolute atomic E-state index is 0.168. The molecule has 0 bridgehead atoms. The van der Waals surface area contributed by atoms with E-state index in [1.54, 1.807) is 7.11 Å². The Morgan fingerprint density at radius 1 is 1.20 bits per heavy atom. The van der Waals surface area contributed by atoms with Crippen LogP contribution in [0.25, 0.3) is 22.4 Å². The number of nitrogens with zero attached hydrogens (tertiary/aromatic N) is 3. The third kappa shape index (κ3) is 3.08. The van der Waals surface area contributed by atoms with Gasteiger partial charge < -0.3 is 4.74 Å². The summed E-state index contributed by atoms with van der Waals surface area (Å²) in [5.74, 6) is 1.29. The Morgan fingerprint density at radius 2 is 2.00 bits per heavy atom. The second-order valence-corrected chi connectivity index (χ2v) is 7.25. The van der Waals surface area contributed by atoms with E-state index in [4.69, 9.17) is 4.74 Å². The molecule has 0 radical (unpaired) electrons. The van der Waals surface area contributed by atoms with Crippen molar-refractivity contribution in [2.45, 2.75) is 0 Å². The van der Waals surface area contributed by atoms with Gasteiger partial charge in [0, 0.05) is 10.0 Å². The lowest BCUT2D eigenvalue weighted by Crippen LogP contribution is -2.23. The molecule has 0 aliphatic carbocycles. The lowest BCUT2D eigenvalue weighted by atomic mass is 10.2. The van der Waals surface area contributed by atoms with Gasteiger partial charge in [0.1, 0.15) is 5.75 Å². The zero-order valence-corrected chi connectivity index (χ0v) is 15.5. The largest absolute Gasteiger partial charge is 0.497 e. The first kappa shape index (κ1) is 16.0. The molecule has 0 fully saturated rings. The van der Waals surface area contributed by atoms with Gasteiger partial charge in [0.2, 0.25) is 4.96 Å². The standard InChI is InChI=1S/C18H12BrN3O2S/c1-24-14-4-2-3-11(9-14)10-15-17(23)22-18(25-15)20-16(21-22)12-5-7-13(19)8-6-12/h2-10H,1H3/b15-10+. The van der Waals surface area contributed by atoms with Crippen LogP contribution in [0, 0.1) is 0 Å². The molecule has 7 heteroatoms. The number of halogens is 1. The van der Waals surface area contributed by atoms with Crippen molar-refractivity contribution in [1.82, 2.24) is 14.6 Å². The van der Waals surface area contributed by atoms with Gasteiger partial charge in [-0.05, 0) is 35.9 Å². The first-order valence-electron chi connectivity index (χ1n) is 7.45. The maximum Gasteiger partial charge on any atom is 0.291 e. The van der Waals surface area contributed by atoms with E-state index in [-0.39, 0.29) is 5.56 Å². The molecule has 0 saturated carbocycles. The molecule has 0 aliphatic heterocycles. The summed E-state index contributed by atoms with van der Waals surface area (Å²) in [6.45, 7) is 0. The van der Waals surface area contributed by atoms with Crippen LogP contribution in [-0.4, -0.2) is 21.7 Å². The number of hydrogen-bond donors (Lipinski definition) is 0. The van der Waals surface area contributed by atoms with E-state index < -0.39 is 0 Å². The molecule has 0 amide bonds. The van der Waals surface area contributed by atoms with Crippen molar-refractivity contribution in [2.75, 3.05) is 7.11 Å². The van der Waals surface area contributed by atoms with Crippen LogP contribution in [0.3, 0.4) is 0 Å². The van der Waals surface area contributed by atoms with Gasteiger partial charge in [-0.15, -0.1) is 5.10 Å². The lowest BCUT2D eigenvalue weighted by molar-refractivity contribution is 0.414. The van der Waals surface area contributed by atoms with Crippen LogP contribution >= 0.6 is 27.3 Å². The Balaban J connectivity index is 1.79. The maximum atomic E-state index is 12.6. The molecular weight excluding hydrogens is 402 g/mol. The monoisotopic (exact) mass is 413 g/mol. The van der Waals surface area contributed by atoms with Gasteiger partial charge in [-0.2, -0.15) is 9.50 Å². The quantitative estimate of drug-likeness (QED) is 0.517. The predicted molar refractivity (Wildman–Crippen MR) is 102 cm³/mol. The van der Waals surface area contributed by atoms with Crippen molar-refractivity contribution < 1.29 is 4.74 Å². The summed E-state index contributed by atoms with van der Waals surface area (Å²) in [4.78, 5) is 17.6. The Morgan fingerprint density at radius 3 is 2.72 bits per heavy atom. The maximum absolute atomic E-state index is 12.6. The number of rotatable bonds is 3. The molecule has 25 heavy (non-hydrogen) atoms. The van der Waals surface area contributed by atoms with E-state index in [1.165, 1.54) is 15.9 Å². The van der Waals surface area contributed by atoms with E-state index in [1.807, 2.05) is 54.6 Å². The average molecular weight is 414 g/mol. The average Bonchev–Trinajstić information content (AvgIpc) is 3.16. The molecular formula is C18H12BrN3O2S. The number of thiazole rings is 1. The Labute approximate surface area is 155 Å². The molecule has 2 aromatic carbocycles. The fourth-order valence-corrected chi connectivity index (χ4v) is 3.61. The molecule has 5 nitrogen and oxygen atoms in total. The fraction of sp³-hybridized carbons (Fsp3) is 0.0556. The van der Waals surface area contributed by atoms with Gasteiger partial charge in [0.15, 0.2) is 5.82 Å². The molecule has 124 valence electrons. The van der Waals surface area contributed by atoms with Crippen molar-refractivity contribution in [2.24, 2.45) is 0 Å². The van der Waals surface area contributed by atoms with Gasteiger partial charge in [-0.3, -0.25) is 4.79 Å². The van der Waals surface area contributed by atoms with Crippen LogP contribution in [0.1, 0.15) is 5.56 Å². The number of methoxy groups -OCH3 is 1. The van der Waals surface area contributed by atoms with Gasteiger partial charge in [-0.1, -0.05) is 51.5 Å². The van der Waals surface area contributed by atoms with Crippen molar-refractivity contribution in [1.29, 1.82) is 0 Å². The van der Waals surface area contributed by atoms with Crippen LogP contribution < -0.4 is 14.8 Å². The number of hydrogen-bond acceptors (Lipinski definition) is 5. The van der Waals surface area contributed by atoms with E-state index in [2.05, 4.69) is 26.0 Å². The predicted octanol–water partition coefficient (Wildman–Crippen LogP) is 3.14.